The average molecular weight is 406 g/mol. The standard InChI is InChI=1S/C20H30N4O5/c21-11-5-3-1-2-4-6-12-22-17(26)9-7-15-13-24(20(28)23-19(15)27)18-10-8-16(14-25)29-18/h7-10,13,16,18,25H,1-6,11-12,14,21H2,(H,22,26)(H,23,27,28)/b9-7+/t16?,18-/m1/s1. The first-order chi connectivity index (χ1) is 14.0. The van der Waals surface area contributed by atoms with Crippen LogP contribution in [0.15, 0.2) is 34.0 Å². The van der Waals surface area contributed by atoms with E-state index in [4.69, 9.17) is 15.6 Å². The minimum atomic E-state index is -0.720. The Balaban J connectivity index is 1.84. The van der Waals surface area contributed by atoms with Gasteiger partial charge in [-0.3, -0.25) is 19.1 Å². The Morgan fingerprint density at radius 1 is 1.21 bits per heavy atom. The van der Waals surface area contributed by atoms with Crippen LogP contribution in [-0.4, -0.2) is 46.4 Å². The summed E-state index contributed by atoms with van der Waals surface area (Å²) in [4.78, 5) is 38.2. The van der Waals surface area contributed by atoms with Crippen molar-refractivity contribution in [1.29, 1.82) is 0 Å². The SMILES string of the molecule is NCCCCCCCCNC(=O)/C=C/c1cn([C@H]2C=CC(CO)O2)c(=O)[nH]c1=O. The number of aromatic amines is 1. The third-order valence-corrected chi connectivity index (χ3v) is 4.60. The van der Waals surface area contributed by atoms with Crippen molar-refractivity contribution >= 4 is 12.0 Å². The molecule has 1 aliphatic rings. The Bertz CT molecular complexity index is 827. The molecule has 0 aliphatic carbocycles. The molecule has 0 radical (unpaired) electrons. The molecule has 9 heteroatoms. The summed E-state index contributed by atoms with van der Waals surface area (Å²) >= 11 is 0. The van der Waals surface area contributed by atoms with E-state index >= 15 is 0 Å². The highest BCUT2D eigenvalue weighted by Gasteiger charge is 2.21. The Kier molecular flexibility index (Phi) is 9.55. The van der Waals surface area contributed by atoms with Gasteiger partial charge in [0, 0.05) is 18.8 Å². The zero-order chi connectivity index (χ0) is 21.1. The van der Waals surface area contributed by atoms with Crippen molar-refractivity contribution < 1.29 is 14.6 Å². The van der Waals surface area contributed by atoms with E-state index in [0.717, 1.165) is 45.1 Å². The molecule has 2 heterocycles. The number of nitrogens with two attached hydrogens (primary N) is 1. The molecular weight excluding hydrogens is 376 g/mol. The van der Waals surface area contributed by atoms with Crippen molar-refractivity contribution in [2.45, 2.75) is 50.9 Å². The van der Waals surface area contributed by atoms with Crippen molar-refractivity contribution in [1.82, 2.24) is 14.9 Å². The highest BCUT2D eigenvalue weighted by atomic mass is 16.5. The minimum Gasteiger partial charge on any atom is -0.393 e. The van der Waals surface area contributed by atoms with Gasteiger partial charge in [-0.05, 0) is 31.5 Å². The molecule has 0 spiro atoms. The van der Waals surface area contributed by atoms with E-state index in [1.807, 2.05) is 0 Å². The summed E-state index contributed by atoms with van der Waals surface area (Å²) in [6, 6.07) is 0. The predicted molar refractivity (Wildman–Crippen MR) is 110 cm³/mol. The van der Waals surface area contributed by atoms with Gasteiger partial charge in [0.05, 0.1) is 12.2 Å². The Morgan fingerprint density at radius 3 is 2.62 bits per heavy atom. The molecule has 1 aromatic heterocycles. The Labute approximate surface area is 169 Å². The van der Waals surface area contributed by atoms with Crippen molar-refractivity contribution in [3.8, 4) is 0 Å². The molecular formula is C20H30N4O5. The van der Waals surface area contributed by atoms with Crippen LogP contribution >= 0.6 is 0 Å². The highest BCUT2D eigenvalue weighted by molar-refractivity contribution is 5.91. The van der Waals surface area contributed by atoms with Gasteiger partial charge < -0.3 is 20.9 Å². The molecule has 0 bridgehead atoms. The number of hydrogen-bond donors (Lipinski definition) is 4. The van der Waals surface area contributed by atoms with Crippen LogP contribution in [0.25, 0.3) is 6.08 Å². The van der Waals surface area contributed by atoms with Crippen molar-refractivity contribution in [2.24, 2.45) is 5.73 Å². The molecule has 29 heavy (non-hydrogen) atoms. The van der Waals surface area contributed by atoms with Gasteiger partial charge in [0.15, 0.2) is 6.23 Å². The summed E-state index contributed by atoms with van der Waals surface area (Å²) in [5.74, 6) is -0.303. The zero-order valence-electron chi connectivity index (χ0n) is 16.5. The maximum Gasteiger partial charge on any atom is 0.330 e. The lowest BCUT2D eigenvalue weighted by molar-refractivity contribution is -0.116. The van der Waals surface area contributed by atoms with E-state index in [9.17, 15) is 14.4 Å². The van der Waals surface area contributed by atoms with Gasteiger partial charge in [0.25, 0.3) is 5.56 Å². The van der Waals surface area contributed by atoms with Gasteiger partial charge in [-0.1, -0.05) is 31.8 Å². The summed E-state index contributed by atoms with van der Waals surface area (Å²) in [6.45, 7) is 1.10. The van der Waals surface area contributed by atoms with Gasteiger partial charge in [0.1, 0.15) is 6.10 Å². The summed E-state index contributed by atoms with van der Waals surface area (Å²) in [6.07, 6.45) is 12.4. The molecule has 1 amide bonds. The lowest BCUT2D eigenvalue weighted by Gasteiger charge is -2.15. The van der Waals surface area contributed by atoms with E-state index < -0.39 is 23.6 Å². The third-order valence-electron chi connectivity index (χ3n) is 4.60. The molecule has 1 aromatic rings. The molecule has 0 aromatic carbocycles. The van der Waals surface area contributed by atoms with Crippen LogP contribution < -0.4 is 22.3 Å². The number of nitrogens with one attached hydrogen (secondary N) is 2. The summed E-state index contributed by atoms with van der Waals surface area (Å²) in [5.41, 5.74) is 4.39. The minimum absolute atomic E-state index is 0.157. The number of nitrogens with zero attached hydrogens (tertiary/aromatic N) is 1. The molecule has 0 saturated carbocycles. The number of carbonyl (C=O) groups excluding carboxylic acids is 1. The lowest BCUT2D eigenvalue weighted by Crippen LogP contribution is -2.33. The van der Waals surface area contributed by atoms with Gasteiger partial charge in [-0.25, -0.2) is 4.79 Å². The normalized spacial score (nSPS) is 18.6. The maximum absolute atomic E-state index is 12.0. The number of hydrogen-bond acceptors (Lipinski definition) is 6. The van der Waals surface area contributed by atoms with Crippen LogP contribution in [0, 0.1) is 0 Å². The first kappa shape index (κ1) is 22.8. The summed E-state index contributed by atoms with van der Waals surface area (Å²) in [7, 11) is 0. The van der Waals surface area contributed by atoms with Crippen LogP contribution in [0.1, 0.15) is 50.3 Å². The van der Waals surface area contributed by atoms with Crippen LogP contribution in [0.4, 0.5) is 0 Å². The molecule has 9 nitrogen and oxygen atoms in total. The largest absolute Gasteiger partial charge is 0.393 e. The number of rotatable bonds is 12. The number of carbonyl (C=O) groups is 1. The fraction of sp³-hybridized carbons (Fsp3) is 0.550. The molecule has 1 aliphatic heterocycles. The van der Waals surface area contributed by atoms with E-state index in [-0.39, 0.29) is 18.1 Å². The van der Waals surface area contributed by atoms with Crippen LogP contribution in [0.3, 0.4) is 0 Å². The molecule has 5 N–H and O–H groups in total. The average Bonchev–Trinajstić information content (AvgIpc) is 3.18. The Morgan fingerprint density at radius 2 is 1.93 bits per heavy atom. The van der Waals surface area contributed by atoms with E-state index in [2.05, 4.69) is 10.3 Å². The number of aliphatic hydroxyl groups excluding tert-OH is 1. The molecule has 160 valence electrons. The van der Waals surface area contributed by atoms with Gasteiger partial charge >= 0.3 is 5.69 Å². The van der Waals surface area contributed by atoms with Crippen LogP contribution in [0.5, 0.6) is 0 Å². The number of aromatic nitrogens is 2. The monoisotopic (exact) mass is 406 g/mol. The number of H-pyrrole nitrogens is 1. The number of amides is 1. The molecule has 2 rings (SSSR count). The van der Waals surface area contributed by atoms with E-state index in [0.29, 0.717) is 6.54 Å². The molecule has 1 unspecified atom stereocenters. The van der Waals surface area contributed by atoms with E-state index in [1.54, 1.807) is 12.2 Å². The van der Waals surface area contributed by atoms with Crippen molar-refractivity contribution in [2.75, 3.05) is 19.7 Å². The van der Waals surface area contributed by atoms with Gasteiger partial charge in [-0.15, -0.1) is 0 Å². The second-order valence-electron chi connectivity index (χ2n) is 6.92. The predicted octanol–water partition coefficient (Wildman–Crippen LogP) is 0.411. The number of unbranched alkanes of at least 4 members (excludes halogenated alkanes) is 5. The first-order valence-corrected chi connectivity index (χ1v) is 10.0. The second kappa shape index (κ2) is 12.2. The molecule has 2 atom stereocenters. The van der Waals surface area contributed by atoms with Gasteiger partial charge in [-0.2, -0.15) is 0 Å². The topological polar surface area (TPSA) is 139 Å². The van der Waals surface area contributed by atoms with Crippen LogP contribution in [-0.2, 0) is 9.53 Å². The van der Waals surface area contributed by atoms with E-state index in [1.165, 1.54) is 22.9 Å². The second-order valence-corrected chi connectivity index (χ2v) is 6.92. The molecule has 0 fully saturated rings. The highest BCUT2D eigenvalue weighted by Crippen LogP contribution is 2.19. The fourth-order valence-corrected chi connectivity index (χ4v) is 2.97. The first-order valence-electron chi connectivity index (χ1n) is 10.0. The number of ether oxygens (including phenoxy) is 1. The Hall–Kier alpha value is -2.49. The summed E-state index contributed by atoms with van der Waals surface area (Å²) < 4.78 is 6.68. The lowest BCUT2D eigenvalue weighted by atomic mass is 10.1. The van der Waals surface area contributed by atoms with Crippen LogP contribution in [0.2, 0.25) is 0 Å². The van der Waals surface area contributed by atoms with Crippen molar-refractivity contribution in [3.63, 3.8) is 0 Å². The fourth-order valence-electron chi connectivity index (χ4n) is 2.97. The zero-order valence-corrected chi connectivity index (χ0v) is 16.5. The number of aliphatic hydroxyl groups is 1. The summed E-state index contributed by atoms with van der Waals surface area (Å²) in [5, 5.41) is 11.9. The third kappa shape index (κ3) is 7.45. The molecule has 0 saturated heterocycles. The van der Waals surface area contributed by atoms with Gasteiger partial charge in [0.2, 0.25) is 5.91 Å². The quantitative estimate of drug-likeness (QED) is 0.225. The smallest absolute Gasteiger partial charge is 0.330 e. The van der Waals surface area contributed by atoms with Crippen molar-refractivity contribution in [3.05, 3.63) is 50.8 Å². The maximum atomic E-state index is 12.0.